The van der Waals surface area contributed by atoms with Gasteiger partial charge in [0.2, 0.25) is 5.91 Å². The number of hydrogen-bond donors (Lipinski definition) is 1. The molecular weight excluding hydrogens is 334 g/mol. The van der Waals surface area contributed by atoms with Gasteiger partial charge in [-0.1, -0.05) is 28.1 Å². The molecule has 0 aliphatic carbocycles. The number of carbonyl (C=O) groups is 1. The van der Waals surface area contributed by atoms with Crippen LogP contribution in [0.3, 0.4) is 0 Å². The Hall–Kier alpha value is -1.66. The van der Waals surface area contributed by atoms with Crippen LogP contribution in [0.1, 0.15) is 18.9 Å². The SMILES string of the molecule is CCOCCC(=O)Nc1ccnn1Cc1cccc(Br)c1. The molecule has 2 aromatic rings. The number of anilines is 1. The summed E-state index contributed by atoms with van der Waals surface area (Å²) in [5.41, 5.74) is 1.11. The van der Waals surface area contributed by atoms with Gasteiger partial charge in [0.15, 0.2) is 0 Å². The molecule has 0 fully saturated rings. The van der Waals surface area contributed by atoms with E-state index < -0.39 is 0 Å². The standard InChI is InChI=1S/C15H18BrN3O2/c1-2-21-9-7-15(20)18-14-6-8-17-19(14)11-12-4-3-5-13(16)10-12/h3-6,8,10H,2,7,9,11H2,1H3,(H,18,20). The molecule has 0 aliphatic rings. The van der Waals surface area contributed by atoms with Crippen LogP contribution in [0, 0.1) is 0 Å². The van der Waals surface area contributed by atoms with Gasteiger partial charge in [0.05, 0.1) is 25.8 Å². The Bertz CT molecular complexity index is 598. The van der Waals surface area contributed by atoms with Crippen LogP contribution in [0.5, 0.6) is 0 Å². The minimum Gasteiger partial charge on any atom is -0.381 e. The second kappa shape index (κ2) is 7.95. The van der Waals surface area contributed by atoms with Crippen molar-refractivity contribution in [3.05, 3.63) is 46.6 Å². The highest BCUT2D eigenvalue weighted by molar-refractivity contribution is 9.10. The molecule has 0 aliphatic heterocycles. The van der Waals surface area contributed by atoms with E-state index in [9.17, 15) is 4.79 Å². The summed E-state index contributed by atoms with van der Waals surface area (Å²) < 4.78 is 7.96. The molecule has 1 amide bonds. The van der Waals surface area contributed by atoms with E-state index in [1.807, 2.05) is 31.2 Å². The molecule has 1 heterocycles. The predicted molar refractivity (Wildman–Crippen MR) is 85.2 cm³/mol. The minimum atomic E-state index is -0.0700. The van der Waals surface area contributed by atoms with Crippen molar-refractivity contribution < 1.29 is 9.53 Å². The lowest BCUT2D eigenvalue weighted by Crippen LogP contribution is -2.17. The van der Waals surface area contributed by atoms with Gasteiger partial charge in [-0.3, -0.25) is 4.79 Å². The highest BCUT2D eigenvalue weighted by atomic mass is 79.9. The first-order valence-corrected chi connectivity index (χ1v) is 7.62. The van der Waals surface area contributed by atoms with Crippen molar-refractivity contribution in [2.45, 2.75) is 19.9 Å². The molecule has 21 heavy (non-hydrogen) atoms. The Kier molecular flexibility index (Phi) is 5.95. The first-order chi connectivity index (χ1) is 10.2. The number of amides is 1. The molecule has 0 unspecified atom stereocenters. The lowest BCUT2D eigenvalue weighted by molar-refractivity contribution is -0.117. The Morgan fingerprint density at radius 2 is 2.29 bits per heavy atom. The van der Waals surface area contributed by atoms with Crippen molar-refractivity contribution in [3.8, 4) is 0 Å². The number of nitrogens with zero attached hydrogens (tertiary/aromatic N) is 2. The summed E-state index contributed by atoms with van der Waals surface area (Å²) in [6.07, 6.45) is 2.02. The molecule has 6 heteroatoms. The summed E-state index contributed by atoms with van der Waals surface area (Å²) >= 11 is 3.45. The van der Waals surface area contributed by atoms with E-state index in [0.29, 0.717) is 32.0 Å². The first kappa shape index (κ1) is 15.7. The second-order valence-corrected chi connectivity index (χ2v) is 5.41. The molecule has 1 aromatic heterocycles. The molecule has 0 spiro atoms. The van der Waals surface area contributed by atoms with E-state index in [2.05, 4.69) is 26.3 Å². The highest BCUT2D eigenvalue weighted by Gasteiger charge is 2.08. The molecule has 2 rings (SSSR count). The molecule has 0 bridgehead atoms. The summed E-state index contributed by atoms with van der Waals surface area (Å²) in [4.78, 5) is 11.8. The summed E-state index contributed by atoms with van der Waals surface area (Å²) in [5, 5.41) is 7.10. The summed E-state index contributed by atoms with van der Waals surface area (Å²) in [7, 11) is 0. The average Bonchev–Trinajstić information content (AvgIpc) is 2.86. The number of nitrogens with one attached hydrogen (secondary N) is 1. The van der Waals surface area contributed by atoms with E-state index in [-0.39, 0.29) is 5.91 Å². The number of halogens is 1. The Labute approximate surface area is 132 Å². The van der Waals surface area contributed by atoms with Gasteiger partial charge in [-0.15, -0.1) is 0 Å². The van der Waals surface area contributed by atoms with Crippen LogP contribution >= 0.6 is 15.9 Å². The fourth-order valence-corrected chi connectivity index (χ4v) is 2.33. The number of hydrogen-bond acceptors (Lipinski definition) is 3. The van der Waals surface area contributed by atoms with Crippen molar-refractivity contribution >= 4 is 27.7 Å². The zero-order valence-electron chi connectivity index (χ0n) is 11.9. The van der Waals surface area contributed by atoms with Gasteiger partial charge in [-0.05, 0) is 24.6 Å². The third kappa shape index (κ3) is 4.99. The maximum Gasteiger partial charge on any atom is 0.227 e. The van der Waals surface area contributed by atoms with Crippen LogP contribution in [-0.4, -0.2) is 28.9 Å². The molecule has 0 saturated heterocycles. The Morgan fingerprint density at radius 1 is 1.43 bits per heavy atom. The molecule has 0 saturated carbocycles. The monoisotopic (exact) mass is 351 g/mol. The van der Waals surface area contributed by atoms with Crippen LogP contribution in [0.4, 0.5) is 5.82 Å². The zero-order chi connectivity index (χ0) is 15.1. The molecule has 1 aromatic carbocycles. The van der Waals surface area contributed by atoms with Crippen LogP contribution in [0.2, 0.25) is 0 Å². The third-order valence-corrected chi connectivity index (χ3v) is 3.38. The first-order valence-electron chi connectivity index (χ1n) is 6.83. The number of aromatic nitrogens is 2. The van der Waals surface area contributed by atoms with E-state index in [1.165, 1.54) is 0 Å². The summed E-state index contributed by atoms with van der Waals surface area (Å²) in [6, 6.07) is 9.79. The van der Waals surface area contributed by atoms with Crippen molar-refractivity contribution in [2.75, 3.05) is 18.5 Å². The third-order valence-electron chi connectivity index (χ3n) is 2.88. The fraction of sp³-hybridized carbons (Fsp3) is 0.333. The number of rotatable bonds is 7. The average molecular weight is 352 g/mol. The molecule has 112 valence electrons. The van der Waals surface area contributed by atoms with Crippen molar-refractivity contribution in [1.82, 2.24) is 9.78 Å². The fourth-order valence-electron chi connectivity index (χ4n) is 1.89. The Balaban J connectivity index is 1.97. The van der Waals surface area contributed by atoms with E-state index in [4.69, 9.17) is 4.74 Å². The topological polar surface area (TPSA) is 56.1 Å². The minimum absolute atomic E-state index is 0.0700. The van der Waals surface area contributed by atoms with Crippen LogP contribution in [0.15, 0.2) is 41.0 Å². The number of benzene rings is 1. The smallest absolute Gasteiger partial charge is 0.227 e. The van der Waals surface area contributed by atoms with Crippen LogP contribution < -0.4 is 5.32 Å². The maximum absolute atomic E-state index is 11.8. The van der Waals surface area contributed by atoms with Gasteiger partial charge in [0.25, 0.3) is 0 Å². The lowest BCUT2D eigenvalue weighted by atomic mass is 10.2. The largest absolute Gasteiger partial charge is 0.381 e. The molecule has 0 atom stereocenters. The molecule has 0 radical (unpaired) electrons. The van der Waals surface area contributed by atoms with Crippen molar-refractivity contribution in [1.29, 1.82) is 0 Å². The Morgan fingerprint density at radius 3 is 3.05 bits per heavy atom. The zero-order valence-corrected chi connectivity index (χ0v) is 13.5. The quantitative estimate of drug-likeness (QED) is 0.780. The van der Waals surface area contributed by atoms with Gasteiger partial charge < -0.3 is 10.1 Å². The van der Waals surface area contributed by atoms with Crippen molar-refractivity contribution in [2.24, 2.45) is 0 Å². The maximum atomic E-state index is 11.8. The highest BCUT2D eigenvalue weighted by Crippen LogP contribution is 2.15. The van der Waals surface area contributed by atoms with Gasteiger partial charge in [0.1, 0.15) is 5.82 Å². The molecule has 1 N–H and O–H groups in total. The van der Waals surface area contributed by atoms with Crippen LogP contribution in [0.25, 0.3) is 0 Å². The van der Waals surface area contributed by atoms with E-state index >= 15 is 0 Å². The molecular formula is C15H18BrN3O2. The predicted octanol–water partition coefficient (Wildman–Crippen LogP) is 3.06. The van der Waals surface area contributed by atoms with Gasteiger partial charge >= 0.3 is 0 Å². The van der Waals surface area contributed by atoms with Gasteiger partial charge in [0, 0.05) is 17.1 Å². The van der Waals surface area contributed by atoms with Gasteiger partial charge in [-0.2, -0.15) is 5.10 Å². The number of ether oxygens (including phenoxy) is 1. The second-order valence-electron chi connectivity index (χ2n) is 4.50. The van der Waals surface area contributed by atoms with Crippen molar-refractivity contribution in [3.63, 3.8) is 0 Å². The number of carbonyl (C=O) groups excluding carboxylic acids is 1. The van der Waals surface area contributed by atoms with E-state index in [1.54, 1.807) is 16.9 Å². The summed E-state index contributed by atoms with van der Waals surface area (Å²) in [5.74, 6) is 0.621. The molecule has 5 nitrogen and oxygen atoms in total. The van der Waals surface area contributed by atoms with Crippen LogP contribution in [-0.2, 0) is 16.1 Å². The normalized spacial score (nSPS) is 10.6. The van der Waals surface area contributed by atoms with Gasteiger partial charge in [-0.25, -0.2) is 4.68 Å². The summed E-state index contributed by atoms with van der Waals surface area (Å²) in [6.45, 7) is 3.56. The van der Waals surface area contributed by atoms with E-state index in [0.717, 1.165) is 10.0 Å². The lowest BCUT2D eigenvalue weighted by Gasteiger charge is -2.09.